The van der Waals surface area contributed by atoms with Gasteiger partial charge in [-0.05, 0) is 34.7 Å². The van der Waals surface area contributed by atoms with Crippen LogP contribution in [0.3, 0.4) is 0 Å². The normalized spacial score (nSPS) is 10.0. The molecule has 3 nitrogen and oxygen atoms in total. The summed E-state index contributed by atoms with van der Waals surface area (Å²) in [5, 5.41) is 0. The van der Waals surface area contributed by atoms with Crippen LogP contribution in [-0.2, 0) is 6.54 Å². The molecular formula is C8H9ClIN3. The van der Waals surface area contributed by atoms with Crippen molar-refractivity contribution in [1.82, 2.24) is 9.38 Å². The fourth-order valence-electron chi connectivity index (χ4n) is 1.11. The average molecular weight is 310 g/mol. The van der Waals surface area contributed by atoms with Crippen LogP contribution < -0.4 is 5.73 Å². The first-order chi connectivity index (χ1) is 5.79. The molecule has 2 aromatic heterocycles. The van der Waals surface area contributed by atoms with E-state index in [0.717, 1.165) is 11.3 Å². The van der Waals surface area contributed by atoms with Gasteiger partial charge in [0.15, 0.2) is 0 Å². The van der Waals surface area contributed by atoms with Crippen molar-refractivity contribution in [2.45, 2.75) is 6.54 Å². The summed E-state index contributed by atoms with van der Waals surface area (Å²) >= 11 is 2.26. The van der Waals surface area contributed by atoms with E-state index in [4.69, 9.17) is 5.73 Å². The van der Waals surface area contributed by atoms with Gasteiger partial charge in [0.05, 0.1) is 5.69 Å². The number of rotatable bonds is 1. The molecule has 0 amide bonds. The van der Waals surface area contributed by atoms with Gasteiger partial charge in [-0.1, -0.05) is 0 Å². The third-order valence-electron chi connectivity index (χ3n) is 1.68. The van der Waals surface area contributed by atoms with Gasteiger partial charge in [-0.3, -0.25) is 0 Å². The summed E-state index contributed by atoms with van der Waals surface area (Å²) in [6.45, 7) is 0.498. The number of imidazole rings is 1. The van der Waals surface area contributed by atoms with Gasteiger partial charge in [0.1, 0.15) is 5.65 Å². The molecule has 0 saturated carbocycles. The van der Waals surface area contributed by atoms with Crippen LogP contribution in [0, 0.1) is 3.57 Å². The molecule has 2 aromatic rings. The zero-order chi connectivity index (χ0) is 8.55. The number of fused-ring (bicyclic) bond motifs is 1. The van der Waals surface area contributed by atoms with E-state index in [-0.39, 0.29) is 12.4 Å². The van der Waals surface area contributed by atoms with Crippen molar-refractivity contribution < 1.29 is 0 Å². The second kappa shape index (κ2) is 4.26. The zero-order valence-corrected chi connectivity index (χ0v) is 9.75. The minimum Gasteiger partial charge on any atom is -0.325 e. The molecule has 0 aliphatic rings. The molecular weight excluding hydrogens is 300 g/mol. The first-order valence-corrected chi connectivity index (χ1v) is 4.70. The van der Waals surface area contributed by atoms with Crippen LogP contribution in [0.15, 0.2) is 24.5 Å². The van der Waals surface area contributed by atoms with E-state index in [1.54, 1.807) is 0 Å². The molecule has 0 aliphatic heterocycles. The lowest BCUT2D eigenvalue weighted by Crippen LogP contribution is -1.95. The van der Waals surface area contributed by atoms with Crippen LogP contribution in [0.4, 0.5) is 0 Å². The quantitative estimate of drug-likeness (QED) is 0.817. The summed E-state index contributed by atoms with van der Waals surface area (Å²) in [6, 6.07) is 4.06. The average Bonchev–Trinajstić information content (AvgIpc) is 2.46. The predicted molar refractivity (Wildman–Crippen MR) is 63.0 cm³/mol. The molecule has 0 aromatic carbocycles. The minimum absolute atomic E-state index is 0. The highest BCUT2D eigenvalue weighted by Gasteiger charge is 1.98. The maximum absolute atomic E-state index is 5.47. The van der Waals surface area contributed by atoms with Crippen molar-refractivity contribution in [2.75, 3.05) is 0 Å². The van der Waals surface area contributed by atoms with Gasteiger partial charge in [-0.25, -0.2) is 4.98 Å². The highest BCUT2D eigenvalue weighted by Crippen LogP contribution is 2.09. The molecule has 0 atom stereocenters. The molecule has 0 saturated heterocycles. The third-order valence-corrected chi connectivity index (χ3v) is 2.35. The standard InChI is InChI=1S/C8H8IN3.ClH/c9-6-1-2-12-5-7(4-10)11-8(12)3-6;/h1-3,5H,4,10H2;1H. The molecule has 5 heteroatoms. The van der Waals surface area contributed by atoms with E-state index >= 15 is 0 Å². The van der Waals surface area contributed by atoms with Gasteiger partial charge in [0, 0.05) is 22.5 Å². The lowest BCUT2D eigenvalue weighted by molar-refractivity contribution is 1.02. The highest BCUT2D eigenvalue weighted by molar-refractivity contribution is 14.1. The Balaban J connectivity index is 0.000000845. The minimum atomic E-state index is 0. The van der Waals surface area contributed by atoms with Gasteiger partial charge in [0.25, 0.3) is 0 Å². The Bertz CT molecular complexity index is 413. The van der Waals surface area contributed by atoms with E-state index in [1.165, 1.54) is 3.57 Å². The van der Waals surface area contributed by atoms with Crippen LogP contribution in [0.1, 0.15) is 5.69 Å². The summed E-state index contributed by atoms with van der Waals surface area (Å²) in [7, 11) is 0. The molecule has 0 bridgehead atoms. The van der Waals surface area contributed by atoms with Gasteiger partial charge in [-0.15, -0.1) is 12.4 Å². The van der Waals surface area contributed by atoms with Crippen molar-refractivity contribution in [2.24, 2.45) is 5.73 Å². The maximum atomic E-state index is 5.47. The summed E-state index contributed by atoms with van der Waals surface area (Å²) in [5.41, 5.74) is 7.36. The Labute approximate surface area is 95.9 Å². The number of pyridine rings is 1. The predicted octanol–water partition coefficient (Wildman–Crippen LogP) is 1.82. The molecule has 0 aliphatic carbocycles. The fraction of sp³-hybridized carbons (Fsp3) is 0.125. The van der Waals surface area contributed by atoms with Crippen LogP contribution in [0.5, 0.6) is 0 Å². The van der Waals surface area contributed by atoms with Gasteiger partial charge < -0.3 is 10.1 Å². The first-order valence-electron chi connectivity index (χ1n) is 3.63. The van der Waals surface area contributed by atoms with Crippen molar-refractivity contribution in [1.29, 1.82) is 0 Å². The Morgan fingerprint density at radius 1 is 1.54 bits per heavy atom. The van der Waals surface area contributed by atoms with Crippen LogP contribution in [0.25, 0.3) is 5.65 Å². The fourth-order valence-corrected chi connectivity index (χ4v) is 1.55. The molecule has 70 valence electrons. The number of nitrogens with zero attached hydrogens (tertiary/aromatic N) is 2. The number of nitrogens with two attached hydrogens (primary N) is 1. The van der Waals surface area contributed by atoms with Crippen molar-refractivity contribution in [3.8, 4) is 0 Å². The SMILES string of the molecule is Cl.NCc1cn2ccc(I)cc2n1. The van der Waals surface area contributed by atoms with Crippen molar-refractivity contribution in [3.05, 3.63) is 33.8 Å². The third kappa shape index (κ3) is 2.12. The van der Waals surface area contributed by atoms with Crippen LogP contribution >= 0.6 is 35.0 Å². The topological polar surface area (TPSA) is 43.3 Å². The number of hydrogen-bond acceptors (Lipinski definition) is 2. The van der Waals surface area contributed by atoms with Crippen molar-refractivity contribution >= 4 is 40.6 Å². The van der Waals surface area contributed by atoms with Gasteiger partial charge in [0.2, 0.25) is 0 Å². The summed E-state index contributed by atoms with van der Waals surface area (Å²) in [4.78, 5) is 4.33. The molecule has 2 heterocycles. The smallest absolute Gasteiger partial charge is 0.138 e. The Morgan fingerprint density at radius 3 is 3.00 bits per heavy atom. The van der Waals surface area contributed by atoms with Crippen LogP contribution in [0.2, 0.25) is 0 Å². The molecule has 0 unspecified atom stereocenters. The second-order valence-corrected chi connectivity index (χ2v) is 3.79. The molecule has 0 fully saturated rings. The lowest BCUT2D eigenvalue weighted by atomic mass is 10.5. The monoisotopic (exact) mass is 309 g/mol. The zero-order valence-electron chi connectivity index (χ0n) is 6.77. The lowest BCUT2D eigenvalue weighted by Gasteiger charge is -1.91. The maximum Gasteiger partial charge on any atom is 0.138 e. The molecule has 0 spiro atoms. The van der Waals surface area contributed by atoms with E-state index < -0.39 is 0 Å². The largest absolute Gasteiger partial charge is 0.325 e. The Morgan fingerprint density at radius 2 is 2.31 bits per heavy atom. The summed E-state index contributed by atoms with van der Waals surface area (Å²) in [6.07, 6.45) is 3.94. The molecule has 0 radical (unpaired) electrons. The number of aromatic nitrogens is 2. The number of halogens is 2. The summed E-state index contributed by atoms with van der Waals surface area (Å²) in [5.74, 6) is 0. The highest BCUT2D eigenvalue weighted by atomic mass is 127. The van der Waals surface area contributed by atoms with E-state index in [9.17, 15) is 0 Å². The molecule has 2 N–H and O–H groups in total. The Hall–Kier alpha value is -0.330. The Kier molecular flexibility index (Phi) is 3.52. The first kappa shape index (κ1) is 10.7. The van der Waals surface area contributed by atoms with Crippen LogP contribution in [-0.4, -0.2) is 9.38 Å². The van der Waals surface area contributed by atoms with Gasteiger partial charge >= 0.3 is 0 Å². The second-order valence-electron chi connectivity index (χ2n) is 2.55. The number of hydrogen-bond donors (Lipinski definition) is 1. The van der Waals surface area contributed by atoms with E-state index in [0.29, 0.717) is 6.54 Å². The van der Waals surface area contributed by atoms with Crippen molar-refractivity contribution in [3.63, 3.8) is 0 Å². The van der Waals surface area contributed by atoms with Gasteiger partial charge in [-0.2, -0.15) is 0 Å². The molecule has 13 heavy (non-hydrogen) atoms. The summed E-state index contributed by atoms with van der Waals surface area (Å²) < 4.78 is 3.17. The van der Waals surface area contributed by atoms with E-state index in [2.05, 4.69) is 27.6 Å². The van der Waals surface area contributed by atoms with E-state index in [1.807, 2.05) is 28.9 Å². The molecule has 2 rings (SSSR count).